The fourth-order valence-corrected chi connectivity index (χ4v) is 2.71. The van der Waals surface area contributed by atoms with Crippen molar-refractivity contribution in [2.45, 2.75) is 26.2 Å². The molecular formula is C20H23BrN2O4. The van der Waals surface area contributed by atoms with Crippen LogP contribution in [0, 0.1) is 0 Å². The van der Waals surface area contributed by atoms with Gasteiger partial charge in [0.1, 0.15) is 5.75 Å². The van der Waals surface area contributed by atoms with Crippen LogP contribution in [0.3, 0.4) is 0 Å². The van der Waals surface area contributed by atoms with Gasteiger partial charge in [0.2, 0.25) is 0 Å². The van der Waals surface area contributed by atoms with Crippen molar-refractivity contribution in [3.8, 4) is 17.2 Å². The quantitative estimate of drug-likeness (QED) is 0.531. The van der Waals surface area contributed by atoms with Crippen molar-refractivity contribution in [2.24, 2.45) is 5.10 Å². The summed E-state index contributed by atoms with van der Waals surface area (Å²) in [5, 5.41) is 13.9. The van der Waals surface area contributed by atoms with Crippen molar-refractivity contribution in [1.82, 2.24) is 5.43 Å². The average molecular weight is 435 g/mol. The number of halogens is 1. The third-order valence-electron chi connectivity index (χ3n) is 3.77. The first-order valence-corrected chi connectivity index (χ1v) is 9.11. The summed E-state index contributed by atoms with van der Waals surface area (Å²) in [6, 6.07) is 10.9. The van der Waals surface area contributed by atoms with Gasteiger partial charge in [0.25, 0.3) is 5.91 Å². The number of hydrazone groups is 1. The van der Waals surface area contributed by atoms with Crippen LogP contribution < -0.4 is 14.9 Å². The van der Waals surface area contributed by atoms with Crippen LogP contribution in [0.15, 0.2) is 46.0 Å². The van der Waals surface area contributed by atoms with Gasteiger partial charge < -0.3 is 14.6 Å². The number of hydrogen-bond acceptors (Lipinski definition) is 5. The molecule has 2 N–H and O–H groups in total. The number of rotatable bonds is 6. The number of aromatic hydroxyl groups is 1. The second-order valence-electron chi connectivity index (χ2n) is 6.90. The molecule has 0 fully saturated rings. The highest BCUT2D eigenvalue weighted by molar-refractivity contribution is 9.10. The summed E-state index contributed by atoms with van der Waals surface area (Å²) in [5.41, 5.74) is 4.01. The SMILES string of the molecule is COc1cc(Br)cc(/C=N\NC(=O)COc2ccc(C(C)(C)C)cc2)c1O. The van der Waals surface area contributed by atoms with E-state index in [1.165, 1.54) is 18.9 Å². The number of phenols is 1. The van der Waals surface area contributed by atoms with Gasteiger partial charge >= 0.3 is 0 Å². The molecule has 0 aliphatic heterocycles. The molecule has 0 bridgehead atoms. The molecule has 0 saturated heterocycles. The Balaban J connectivity index is 1.90. The van der Waals surface area contributed by atoms with E-state index in [0.29, 0.717) is 21.5 Å². The first-order chi connectivity index (χ1) is 12.7. The second-order valence-corrected chi connectivity index (χ2v) is 7.82. The Hall–Kier alpha value is -2.54. The molecule has 2 aromatic carbocycles. The van der Waals surface area contributed by atoms with Crippen LogP contribution in [0.5, 0.6) is 17.2 Å². The number of nitrogens with one attached hydrogen (secondary N) is 1. The van der Waals surface area contributed by atoms with Crippen molar-refractivity contribution in [3.63, 3.8) is 0 Å². The molecule has 0 heterocycles. The standard InChI is InChI=1S/C20H23BrN2O4/c1-20(2,3)14-5-7-16(8-6-14)27-12-18(24)23-22-11-13-9-15(21)10-17(26-4)19(13)25/h5-11,25H,12H2,1-4H3,(H,23,24)/b22-11-. The van der Waals surface area contributed by atoms with E-state index in [9.17, 15) is 9.90 Å². The molecule has 0 unspecified atom stereocenters. The molecule has 0 aromatic heterocycles. The zero-order valence-electron chi connectivity index (χ0n) is 15.7. The summed E-state index contributed by atoms with van der Waals surface area (Å²) in [6.45, 7) is 6.23. The minimum Gasteiger partial charge on any atom is -0.504 e. The van der Waals surface area contributed by atoms with Crippen LogP contribution >= 0.6 is 15.9 Å². The summed E-state index contributed by atoms with van der Waals surface area (Å²) in [4.78, 5) is 11.9. The molecule has 0 saturated carbocycles. The summed E-state index contributed by atoms with van der Waals surface area (Å²) in [6.07, 6.45) is 1.33. The Kier molecular flexibility index (Phi) is 6.85. The molecule has 144 valence electrons. The molecule has 0 radical (unpaired) electrons. The molecular weight excluding hydrogens is 412 g/mol. The average Bonchev–Trinajstić information content (AvgIpc) is 2.62. The summed E-state index contributed by atoms with van der Waals surface area (Å²) < 4.78 is 11.2. The number of phenolic OH excluding ortho intramolecular Hbond substituents is 1. The zero-order chi connectivity index (χ0) is 20.0. The number of hydrogen-bond donors (Lipinski definition) is 2. The molecule has 0 aliphatic carbocycles. The Morgan fingerprint density at radius 3 is 2.52 bits per heavy atom. The first kappa shape index (κ1) is 20.8. The lowest BCUT2D eigenvalue weighted by molar-refractivity contribution is -0.123. The van der Waals surface area contributed by atoms with E-state index in [2.05, 4.69) is 47.2 Å². The van der Waals surface area contributed by atoms with Gasteiger partial charge in [-0.1, -0.05) is 48.8 Å². The number of amides is 1. The Morgan fingerprint density at radius 1 is 1.26 bits per heavy atom. The van der Waals surface area contributed by atoms with Gasteiger partial charge in [0.05, 0.1) is 13.3 Å². The Bertz CT molecular complexity index is 827. The van der Waals surface area contributed by atoms with E-state index < -0.39 is 5.91 Å². The molecule has 1 amide bonds. The van der Waals surface area contributed by atoms with E-state index in [1.54, 1.807) is 12.1 Å². The van der Waals surface area contributed by atoms with Crippen LogP contribution in [-0.2, 0) is 10.2 Å². The fraction of sp³-hybridized carbons (Fsp3) is 0.300. The minimum absolute atomic E-state index is 0.0608. The highest BCUT2D eigenvalue weighted by Crippen LogP contribution is 2.32. The molecule has 2 aromatic rings. The molecule has 0 atom stereocenters. The van der Waals surface area contributed by atoms with E-state index in [1.807, 2.05) is 24.3 Å². The highest BCUT2D eigenvalue weighted by Gasteiger charge is 2.13. The minimum atomic E-state index is -0.410. The smallest absolute Gasteiger partial charge is 0.277 e. The summed E-state index contributed by atoms with van der Waals surface area (Å²) >= 11 is 3.32. The first-order valence-electron chi connectivity index (χ1n) is 8.32. The van der Waals surface area contributed by atoms with Crippen LogP contribution in [0.1, 0.15) is 31.9 Å². The number of benzene rings is 2. The molecule has 7 heteroatoms. The maximum absolute atomic E-state index is 11.9. The van der Waals surface area contributed by atoms with Gasteiger partial charge in [-0.2, -0.15) is 5.10 Å². The van der Waals surface area contributed by atoms with E-state index in [4.69, 9.17) is 9.47 Å². The van der Waals surface area contributed by atoms with Gasteiger partial charge in [-0.15, -0.1) is 0 Å². The van der Waals surface area contributed by atoms with Gasteiger partial charge in [-0.25, -0.2) is 5.43 Å². The molecule has 27 heavy (non-hydrogen) atoms. The predicted molar refractivity (Wildman–Crippen MR) is 109 cm³/mol. The Labute approximate surface area is 167 Å². The second kappa shape index (κ2) is 8.90. The highest BCUT2D eigenvalue weighted by atomic mass is 79.9. The third-order valence-corrected chi connectivity index (χ3v) is 4.23. The number of ether oxygens (including phenoxy) is 2. The number of methoxy groups -OCH3 is 1. The third kappa shape index (κ3) is 5.99. The lowest BCUT2D eigenvalue weighted by atomic mass is 9.87. The largest absolute Gasteiger partial charge is 0.504 e. The van der Waals surface area contributed by atoms with Gasteiger partial charge in [-0.3, -0.25) is 4.79 Å². The topological polar surface area (TPSA) is 80.2 Å². The predicted octanol–water partition coefficient (Wildman–Crippen LogP) is 3.99. The normalized spacial score (nSPS) is 11.4. The van der Waals surface area contributed by atoms with Crippen LogP contribution in [0.4, 0.5) is 0 Å². The summed E-state index contributed by atoms with van der Waals surface area (Å²) in [7, 11) is 1.45. The van der Waals surface area contributed by atoms with E-state index in [0.717, 1.165) is 0 Å². The summed E-state index contributed by atoms with van der Waals surface area (Å²) in [5.74, 6) is 0.442. The molecule has 6 nitrogen and oxygen atoms in total. The molecule has 0 aliphatic rings. The van der Waals surface area contributed by atoms with E-state index in [-0.39, 0.29) is 17.8 Å². The maximum atomic E-state index is 11.9. The van der Waals surface area contributed by atoms with Gasteiger partial charge in [0, 0.05) is 10.0 Å². The Morgan fingerprint density at radius 2 is 1.93 bits per heavy atom. The van der Waals surface area contributed by atoms with Crippen LogP contribution in [-0.4, -0.2) is 30.9 Å². The fourth-order valence-electron chi connectivity index (χ4n) is 2.25. The van der Waals surface area contributed by atoms with Crippen molar-refractivity contribution in [2.75, 3.05) is 13.7 Å². The van der Waals surface area contributed by atoms with Crippen molar-refractivity contribution >= 4 is 28.1 Å². The number of carbonyl (C=O) groups is 1. The number of nitrogens with zero attached hydrogens (tertiary/aromatic N) is 1. The molecule has 0 spiro atoms. The van der Waals surface area contributed by atoms with Crippen molar-refractivity contribution < 1.29 is 19.4 Å². The maximum Gasteiger partial charge on any atom is 0.277 e. The van der Waals surface area contributed by atoms with Gasteiger partial charge in [-0.05, 0) is 35.2 Å². The number of carbonyl (C=O) groups excluding carboxylic acids is 1. The monoisotopic (exact) mass is 434 g/mol. The van der Waals surface area contributed by atoms with Crippen molar-refractivity contribution in [3.05, 3.63) is 52.0 Å². The lowest BCUT2D eigenvalue weighted by Crippen LogP contribution is -2.24. The molecule has 2 rings (SSSR count). The van der Waals surface area contributed by atoms with Crippen LogP contribution in [0.25, 0.3) is 0 Å². The van der Waals surface area contributed by atoms with Gasteiger partial charge in [0.15, 0.2) is 18.1 Å². The lowest BCUT2D eigenvalue weighted by Gasteiger charge is -2.19. The van der Waals surface area contributed by atoms with Crippen LogP contribution in [0.2, 0.25) is 0 Å². The van der Waals surface area contributed by atoms with Crippen molar-refractivity contribution in [1.29, 1.82) is 0 Å². The zero-order valence-corrected chi connectivity index (χ0v) is 17.3. The van der Waals surface area contributed by atoms with E-state index >= 15 is 0 Å².